The van der Waals surface area contributed by atoms with Crippen molar-refractivity contribution >= 4 is 15.7 Å². The third-order valence-corrected chi connectivity index (χ3v) is 5.85. The van der Waals surface area contributed by atoms with Crippen molar-refractivity contribution in [1.29, 1.82) is 0 Å². The van der Waals surface area contributed by atoms with Gasteiger partial charge in [0.1, 0.15) is 0 Å². The third-order valence-electron chi connectivity index (χ3n) is 4.08. The zero-order valence-electron chi connectivity index (χ0n) is 12.5. The number of sulfone groups is 1. The van der Waals surface area contributed by atoms with Crippen LogP contribution in [0.5, 0.6) is 0 Å². The Morgan fingerprint density at radius 1 is 1.35 bits per heavy atom. The summed E-state index contributed by atoms with van der Waals surface area (Å²) in [4.78, 5) is 14.5. The van der Waals surface area contributed by atoms with Crippen LogP contribution in [0.15, 0.2) is 0 Å². The summed E-state index contributed by atoms with van der Waals surface area (Å²) >= 11 is 0. The number of nitrogens with one attached hydrogen (secondary N) is 1. The van der Waals surface area contributed by atoms with Crippen LogP contribution in [0.4, 0.5) is 0 Å². The predicted octanol–water partition coefficient (Wildman–Crippen LogP) is 0.658. The summed E-state index contributed by atoms with van der Waals surface area (Å²) < 4.78 is 23.1. The van der Waals surface area contributed by atoms with Gasteiger partial charge in [-0.1, -0.05) is 13.8 Å². The van der Waals surface area contributed by atoms with E-state index in [-0.39, 0.29) is 23.3 Å². The van der Waals surface area contributed by atoms with Crippen LogP contribution in [0.2, 0.25) is 0 Å². The van der Waals surface area contributed by atoms with Crippen molar-refractivity contribution in [1.82, 2.24) is 10.2 Å². The van der Waals surface area contributed by atoms with Crippen molar-refractivity contribution in [3.8, 4) is 0 Å². The number of carbonyl (C=O) groups excluding carboxylic acids is 1. The Hall–Kier alpha value is -0.620. The molecule has 6 heteroatoms. The fourth-order valence-corrected chi connectivity index (χ4v) is 4.85. The second-order valence-electron chi connectivity index (χ2n) is 6.53. The van der Waals surface area contributed by atoms with Crippen molar-refractivity contribution in [2.45, 2.75) is 39.2 Å². The highest BCUT2D eigenvalue weighted by atomic mass is 32.2. The summed E-state index contributed by atoms with van der Waals surface area (Å²) in [6, 6.07) is 0.371. The van der Waals surface area contributed by atoms with E-state index in [9.17, 15) is 13.2 Å². The highest BCUT2D eigenvalue weighted by Gasteiger charge is 2.36. The Labute approximate surface area is 122 Å². The normalized spacial score (nSPS) is 28.9. The summed E-state index contributed by atoms with van der Waals surface area (Å²) in [6.07, 6.45) is 2.75. The summed E-state index contributed by atoms with van der Waals surface area (Å²) in [7, 11) is -2.99. The van der Waals surface area contributed by atoms with E-state index in [0.717, 1.165) is 19.4 Å². The average Bonchev–Trinajstić information content (AvgIpc) is 2.96. The smallest absolute Gasteiger partial charge is 0.226 e. The van der Waals surface area contributed by atoms with Gasteiger partial charge in [0.25, 0.3) is 0 Å². The van der Waals surface area contributed by atoms with E-state index in [4.69, 9.17) is 0 Å². The molecule has 0 radical (unpaired) electrons. The van der Waals surface area contributed by atoms with E-state index in [1.165, 1.54) is 0 Å². The van der Waals surface area contributed by atoms with Crippen LogP contribution < -0.4 is 5.32 Å². The van der Waals surface area contributed by atoms with Crippen molar-refractivity contribution in [3.63, 3.8) is 0 Å². The van der Waals surface area contributed by atoms with E-state index in [0.29, 0.717) is 31.5 Å². The van der Waals surface area contributed by atoms with Crippen LogP contribution in [0.25, 0.3) is 0 Å². The second kappa shape index (κ2) is 6.43. The van der Waals surface area contributed by atoms with Gasteiger partial charge in [0.2, 0.25) is 5.91 Å². The first-order valence-electron chi connectivity index (χ1n) is 7.60. The minimum atomic E-state index is -2.99. The van der Waals surface area contributed by atoms with Crippen LogP contribution in [-0.2, 0) is 14.6 Å². The number of amides is 1. The van der Waals surface area contributed by atoms with Gasteiger partial charge in [-0.05, 0) is 31.7 Å². The molecule has 0 spiro atoms. The fourth-order valence-electron chi connectivity index (χ4n) is 3.12. The van der Waals surface area contributed by atoms with Crippen molar-refractivity contribution in [3.05, 3.63) is 0 Å². The Morgan fingerprint density at radius 3 is 2.60 bits per heavy atom. The molecule has 1 amide bonds. The van der Waals surface area contributed by atoms with E-state index >= 15 is 0 Å². The number of rotatable bonds is 5. The molecule has 0 aromatic carbocycles. The van der Waals surface area contributed by atoms with Crippen LogP contribution in [0.1, 0.15) is 33.1 Å². The summed E-state index contributed by atoms with van der Waals surface area (Å²) in [6.45, 7) is 6.63. The second-order valence-corrected chi connectivity index (χ2v) is 8.76. The molecule has 2 unspecified atom stereocenters. The predicted molar refractivity (Wildman–Crippen MR) is 79.2 cm³/mol. The maximum absolute atomic E-state index is 12.6. The zero-order chi connectivity index (χ0) is 14.8. The van der Waals surface area contributed by atoms with Crippen LogP contribution >= 0.6 is 0 Å². The molecule has 2 fully saturated rings. The molecule has 2 aliphatic heterocycles. The molecule has 20 heavy (non-hydrogen) atoms. The van der Waals surface area contributed by atoms with Gasteiger partial charge in [-0.3, -0.25) is 4.79 Å². The highest BCUT2D eigenvalue weighted by Crippen LogP contribution is 2.22. The molecule has 0 bridgehead atoms. The monoisotopic (exact) mass is 302 g/mol. The van der Waals surface area contributed by atoms with Gasteiger partial charge < -0.3 is 10.2 Å². The molecule has 0 aromatic heterocycles. The molecule has 2 aliphatic rings. The standard InChI is InChI=1S/C14H26N2O3S/c1-11(2)8-16(9-13-4-3-6-15-13)14(17)12-5-7-20(18,19)10-12/h11-13,15H,3-10H2,1-2H3. The SMILES string of the molecule is CC(C)CN(CC1CCCN1)C(=O)C1CCS(=O)(=O)C1. The number of hydrogen-bond donors (Lipinski definition) is 1. The van der Waals surface area contributed by atoms with Crippen molar-refractivity contribution < 1.29 is 13.2 Å². The lowest BCUT2D eigenvalue weighted by Crippen LogP contribution is -2.45. The highest BCUT2D eigenvalue weighted by molar-refractivity contribution is 7.91. The molecule has 2 rings (SSSR count). The first kappa shape index (κ1) is 15.8. The maximum atomic E-state index is 12.6. The maximum Gasteiger partial charge on any atom is 0.226 e. The van der Waals surface area contributed by atoms with Crippen LogP contribution in [0, 0.1) is 11.8 Å². The van der Waals surface area contributed by atoms with Gasteiger partial charge >= 0.3 is 0 Å². The summed E-state index contributed by atoms with van der Waals surface area (Å²) in [5.41, 5.74) is 0. The first-order chi connectivity index (χ1) is 9.37. The molecule has 5 nitrogen and oxygen atoms in total. The van der Waals surface area contributed by atoms with Gasteiger partial charge in [-0.2, -0.15) is 0 Å². The molecule has 116 valence electrons. The quantitative estimate of drug-likeness (QED) is 0.810. The van der Waals surface area contributed by atoms with Crippen molar-refractivity contribution in [2.75, 3.05) is 31.1 Å². The Morgan fingerprint density at radius 2 is 2.10 bits per heavy atom. The van der Waals surface area contributed by atoms with Gasteiger partial charge in [0.15, 0.2) is 9.84 Å². The summed E-state index contributed by atoms with van der Waals surface area (Å²) in [5, 5.41) is 3.41. The minimum Gasteiger partial charge on any atom is -0.341 e. The Bertz CT molecular complexity index is 441. The number of hydrogen-bond acceptors (Lipinski definition) is 4. The molecular formula is C14H26N2O3S. The molecule has 1 N–H and O–H groups in total. The Kier molecular flexibility index (Phi) is 5.07. The molecule has 0 aromatic rings. The summed E-state index contributed by atoms with van der Waals surface area (Å²) in [5.74, 6) is 0.325. The number of nitrogens with zero attached hydrogens (tertiary/aromatic N) is 1. The fraction of sp³-hybridized carbons (Fsp3) is 0.929. The molecule has 2 saturated heterocycles. The zero-order valence-corrected chi connectivity index (χ0v) is 13.3. The molecule has 2 atom stereocenters. The first-order valence-corrected chi connectivity index (χ1v) is 9.42. The molecule has 0 saturated carbocycles. The van der Waals surface area contributed by atoms with Crippen LogP contribution in [0.3, 0.4) is 0 Å². The lowest BCUT2D eigenvalue weighted by Gasteiger charge is -2.29. The lowest BCUT2D eigenvalue weighted by molar-refractivity contribution is -0.135. The van der Waals surface area contributed by atoms with Gasteiger partial charge in [0.05, 0.1) is 17.4 Å². The third kappa shape index (κ3) is 4.19. The van der Waals surface area contributed by atoms with E-state index in [1.54, 1.807) is 0 Å². The van der Waals surface area contributed by atoms with E-state index < -0.39 is 9.84 Å². The van der Waals surface area contributed by atoms with Gasteiger partial charge in [-0.25, -0.2) is 8.42 Å². The van der Waals surface area contributed by atoms with E-state index in [2.05, 4.69) is 19.2 Å². The largest absolute Gasteiger partial charge is 0.341 e. The molecular weight excluding hydrogens is 276 g/mol. The Balaban J connectivity index is 1.99. The topological polar surface area (TPSA) is 66.5 Å². The van der Waals surface area contributed by atoms with Gasteiger partial charge in [0, 0.05) is 19.1 Å². The lowest BCUT2D eigenvalue weighted by atomic mass is 10.1. The number of carbonyl (C=O) groups is 1. The minimum absolute atomic E-state index is 0.0356. The van der Waals surface area contributed by atoms with Gasteiger partial charge in [-0.15, -0.1) is 0 Å². The van der Waals surface area contributed by atoms with Crippen LogP contribution in [-0.4, -0.2) is 56.4 Å². The van der Waals surface area contributed by atoms with E-state index in [1.807, 2.05) is 4.90 Å². The van der Waals surface area contributed by atoms with Crippen molar-refractivity contribution in [2.24, 2.45) is 11.8 Å². The average molecular weight is 302 g/mol. The molecule has 2 heterocycles. The molecule has 0 aliphatic carbocycles.